The minimum Gasteiger partial charge on any atom is -0.489 e. The number of aryl methyl sites for hydroxylation is 1. The number of hydrogen-bond donors (Lipinski definition) is 3. The monoisotopic (exact) mass is 862 g/mol. The predicted octanol–water partition coefficient (Wildman–Crippen LogP) is 8.22. The van der Waals surface area contributed by atoms with Gasteiger partial charge in [-0.3, -0.25) is 14.6 Å². The summed E-state index contributed by atoms with van der Waals surface area (Å²) in [6.07, 6.45) is 3.85. The van der Waals surface area contributed by atoms with Gasteiger partial charge in [0.1, 0.15) is 31.0 Å². The minimum absolute atomic E-state index is 0.0784. The summed E-state index contributed by atoms with van der Waals surface area (Å²) in [5.41, 5.74) is 8.33. The Kier molecular flexibility index (Phi) is 12.8. The SMILES string of the molecule is Cc1nccc(-c2ccc(CC(NC(=O)C3Cc4cc5c(cc4CN3C(=O)CC3CCCNC3)OC(c3ccc(OCc4ccc(Cl)c(Cl)c4)cc3)CO5)C(=O)O)cc2)c1C. The maximum absolute atomic E-state index is 14.2. The molecule has 61 heavy (non-hydrogen) atoms. The average Bonchev–Trinajstić information content (AvgIpc) is 3.27. The first-order valence-electron chi connectivity index (χ1n) is 20.7. The van der Waals surface area contributed by atoms with E-state index in [0.29, 0.717) is 33.9 Å². The van der Waals surface area contributed by atoms with E-state index in [2.05, 4.69) is 15.6 Å². The van der Waals surface area contributed by atoms with Gasteiger partial charge in [-0.05, 0) is 133 Å². The van der Waals surface area contributed by atoms with Gasteiger partial charge in [0, 0.05) is 37.7 Å². The Labute approximate surface area is 365 Å². The Morgan fingerprint density at radius 3 is 2.46 bits per heavy atom. The van der Waals surface area contributed by atoms with Crippen LogP contribution in [-0.2, 0) is 40.4 Å². The molecule has 4 aromatic carbocycles. The second kappa shape index (κ2) is 18.6. The fourth-order valence-electron chi connectivity index (χ4n) is 8.33. The number of halogens is 2. The Bertz CT molecular complexity index is 2420. The van der Waals surface area contributed by atoms with Gasteiger partial charge in [0.2, 0.25) is 11.8 Å². The van der Waals surface area contributed by atoms with Crippen LogP contribution < -0.4 is 24.8 Å². The lowest BCUT2D eigenvalue weighted by Gasteiger charge is -2.38. The van der Waals surface area contributed by atoms with Crippen LogP contribution in [0.3, 0.4) is 0 Å². The first-order valence-corrected chi connectivity index (χ1v) is 21.4. The molecule has 4 heterocycles. The number of aromatic nitrogens is 1. The summed E-state index contributed by atoms with van der Waals surface area (Å²) >= 11 is 12.2. The number of benzene rings is 4. The van der Waals surface area contributed by atoms with Gasteiger partial charge < -0.3 is 34.9 Å². The molecule has 0 saturated carbocycles. The molecule has 11 nitrogen and oxygen atoms in total. The fraction of sp³-hybridized carbons (Fsp3) is 0.333. The number of rotatable bonds is 12. The van der Waals surface area contributed by atoms with E-state index in [1.807, 2.05) is 86.6 Å². The van der Waals surface area contributed by atoms with Gasteiger partial charge in [0.15, 0.2) is 17.6 Å². The quantitative estimate of drug-likeness (QED) is 0.113. The molecular weight excluding hydrogens is 815 g/mol. The van der Waals surface area contributed by atoms with Crippen molar-refractivity contribution < 1.29 is 33.7 Å². The van der Waals surface area contributed by atoms with Crippen LogP contribution >= 0.6 is 23.2 Å². The third-order valence-corrected chi connectivity index (χ3v) is 12.7. The molecule has 0 aliphatic carbocycles. The number of carbonyl (C=O) groups is 3. The largest absolute Gasteiger partial charge is 0.489 e. The van der Waals surface area contributed by atoms with E-state index in [1.165, 1.54) is 0 Å². The number of hydrogen-bond acceptors (Lipinski definition) is 8. The van der Waals surface area contributed by atoms with Crippen LogP contribution in [0.1, 0.15) is 64.4 Å². The Morgan fingerprint density at radius 2 is 1.72 bits per heavy atom. The molecule has 316 valence electrons. The molecule has 0 radical (unpaired) electrons. The second-order valence-corrected chi connectivity index (χ2v) is 16.9. The molecule has 3 aliphatic rings. The summed E-state index contributed by atoms with van der Waals surface area (Å²) in [6.45, 7) is 6.41. The number of carbonyl (C=O) groups excluding carboxylic acids is 2. The van der Waals surface area contributed by atoms with Gasteiger partial charge in [0.05, 0.1) is 10.0 Å². The van der Waals surface area contributed by atoms with E-state index in [9.17, 15) is 19.5 Å². The highest BCUT2D eigenvalue weighted by Crippen LogP contribution is 2.41. The van der Waals surface area contributed by atoms with Gasteiger partial charge in [-0.1, -0.05) is 65.7 Å². The summed E-state index contributed by atoms with van der Waals surface area (Å²) in [7, 11) is 0. The van der Waals surface area contributed by atoms with Gasteiger partial charge in [-0.25, -0.2) is 4.79 Å². The third kappa shape index (κ3) is 9.80. The van der Waals surface area contributed by atoms with Crippen molar-refractivity contribution in [1.82, 2.24) is 20.5 Å². The Morgan fingerprint density at radius 1 is 0.951 bits per heavy atom. The summed E-state index contributed by atoms with van der Waals surface area (Å²) in [6, 6.07) is 24.4. The zero-order valence-corrected chi connectivity index (χ0v) is 35.6. The van der Waals surface area contributed by atoms with Crippen LogP contribution in [0.2, 0.25) is 10.0 Å². The third-order valence-electron chi connectivity index (χ3n) is 12.0. The lowest BCUT2D eigenvalue weighted by Crippen LogP contribution is -2.56. The van der Waals surface area contributed by atoms with Crippen molar-refractivity contribution in [2.24, 2.45) is 5.92 Å². The molecule has 4 atom stereocenters. The lowest BCUT2D eigenvalue weighted by atomic mass is 9.90. The van der Waals surface area contributed by atoms with Crippen LogP contribution in [0.5, 0.6) is 17.2 Å². The van der Waals surface area contributed by atoms with Crippen molar-refractivity contribution >= 4 is 41.0 Å². The zero-order valence-electron chi connectivity index (χ0n) is 34.1. The van der Waals surface area contributed by atoms with Crippen molar-refractivity contribution in [3.63, 3.8) is 0 Å². The molecule has 1 aromatic heterocycles. The van der Waals surface area contributed by atoms with Gasteiger partial charge >= 0.3 is 5.97 Å². The molecule has 2 amide bonds. The number of fused-ring (bicyclic) bond motifs is 2. The van der Waals surface area contributed by atoms with E-state index in [-0.39, 0.29) is 50.3 Å². The zero-order chi connectivity index (χ0) is 42.6. The molecule has 3 N–H and O–H groups in total. The van der Waals surface area contributed by atoms with E-state index in [4.69, 9.17) is 37.4 Å². The summed E-state index contributed by atoms with van der Waals surface area (Å²) in [4.78, 5) is 46.9. The maximum Gasteiger partial charge on any atom is 0.326 e. The maximum atomic E-state index is 14.2. The van der Waals surface area contributed by atoms with E-state index in [1.54, 1.807) is 23.2 Å². The van der Waals surface area contributed by atoms with Gasteiger partial charge in [0.25, 0.3) is 0 Å². The predicted molar refractivity (Wildman–Crippen MR) is 233 cm³/mol. The smallest absolute Gasteiger partial charge is 0.326 e. The molecule has 0 spiro atoms. The van der Waals surface area contributed by atoms with E-state index < -0.39 is 24.0 Å². The number of carboxylic acid groups (broad SMARTS) is 1. The second-order valence-electron chi connectivity index (χ2n) is 16.1. The lowest BCUT2D eigenvalue weighted by molar-refractivity contribution is -0.145. The van der Waals surface area contributed by atoms with Gasteiger partial charge in [-0.2, -0.15) is 0 Å². The van der Waals surface area contributed by atoms with Crippen LogP contribution in [0.4, 0.5) is 0 Å². The number of pyridine rings is 1. The average molecular weight is 864 g/mol. The first-order chi connectivity index (χ1) is 29.5. The Hall–Kier alpha value is -5.62. The van der Waals surface area contributed by atoms with Crippen LogP contribution in [-0.4, -0.2) is 64.6 Å². The van der Waals surface area contributed by atoms with Crippen LogP contribution in [0.25, 0.3) is 11.1 Å². The molecule has 3 aliphatic heterocycles. The molecule has 13 heteroatoms. The molecule has 8 rings (SSSR count). The molecule has 1 saturated heterocycles. The molecular formula is C48H48Cl2N4O7. The number of carboxylic acids is 1. The summed E-state index contributed by atoms with van der Waals surface area (Å²) in [5.74, 6) is 0.129. The van der Waals surface area contributed by atoms with E-state index >= 15 is 0 Å². The topological polar surface area (TPSA) is 139 Å². The van der Waals surface area contributed by atoms with Crippen LogP contribution in [0.15, 0.2) is 91.1 Å². The number of amides is 2. The molecule has 0 bridgehead atoms. The molecule has 4 unspecified atom stereocenters. The Balaban J connectivity index is 0.969. The van der Waals surface area contributed by atoms with Crippen molar-refractivity contribution in [2.75, 3.05) is 19.7 Å². The first kappa shape index (κ1) is 42.1. The summed E-state index contributed by atoms with van der Waals surface area (Å²) in [5, 5.41) is 17.5. The van der Waals surface area contributed by atoms with Crippen molar-refractivity contribution in [2.45, 2.75) is 77.3 Å². The highest BCUT2D eigenvalue weighted by atomic mass is 35.5. The fourth-order valence-corrected chi connectivity index (χ4v) is 8.65. The minimum atomic E-state index is -1.20. The van der Waals surface area contributed by atoms with Gasteiger partial charge in [-0.15, -0.1) is 0 Å². The number of aliphatic carboxylic acids is 1. The normalized spacial score (nSPS) is 18.8. The summed E-state index contributed by atoms with van der Waals surface area (Å²) < 4.78 is 18.7. The molecule has 1 fully saturated rings. The number of ether oxygens (including phenoxy) is 3. The number of nitrogens with one attached hydrogen (secondary N) is 2. The molecule has 5 aromatic rings. The van der Waals surface area contributed by atoms with Crippen molar-refractivity contribution in [3.8, 4) is 28.4 Å². The highest BCUT2D eigenvalue weighted by molar-refractivity contribution is 6.42. The van der Waals surface area contributed by atoms with Crippen molar-refractivity contribution in [3.05, 3.63) is 140 Å². The number of nitrogens with zero attached hydrogens (tertiary/aromatic N) is 2. The standard InChI is InChI=1S/C48H48Cl2N4O7/c1-28-29(2)52-17-15-38(28)33-8-5-30(6-9-33)19-41(48(57)58)53-47(56)42-21-35-22-43-44(23-36(35)25-54(42)46(55)20-31-4-3-16-51-24-31)61-45(27-60-43)34-10-12-37(13-11-34)59-26-32-7-14-39(49)40(50)18-32/h5-15,17-18,22-23,31,41-42,45,51H,3-4,16,19-21,24-27H2,1-2H3,(H,53,56)(H,57,58). The highest BCUT2D eigenvalue weighted by Gasteiger charge is 2.38. The van der Waals surface area contributed by atoms with E-state index in [0.717, 1.165) is 76.1 Å². The van der Waals surface area contributed by atoms with Crippen LogP contribution in [0, 0.1) is 19.8 Å². The number of piperidine rings is 1. The van der Waals surface area contributed by atoms with Crippen molar-refractivity contribution in [1.29, 1.82) is 0 Å².